The molecule has 1 aromatic heterocycles. The molecule has 0 fully saturated rings. The van der Waals surface area contributed by atoms with E-state index >= 15 is 0 Å². The first-order chi connectivity index (χ1) is 9.83. The van der Waals surface area contributed by atoms with Crippen LogP contribution in [0.4, 0.5) is 0 Å². The highest BCUT2D eigenvalue weighted by atomic mass is 32.1. The fourth-order valence-corrected chi connectivity index (χ4v) is 2.49. The average Bonchev–Trinajstić information content (AvgIpc) is 2.97. The van der Waals surface area contributed by atoms with Gasteiger partial charge in [-0.2, -0.15) is 0 Å². The van der Waals surface area contributed by atoms with E-state index in [2.05, 4.69) is 36.2 Å². The highest BCUT2D eigenvalue weighted by Crippen LogP contribution is 2.25. The van der Waals surface area contributed by atoms with Crippen molar-refractivity contribution in [3.8, 4) is 16.3 Å². The molecular weight excluding hydrogens is 268 g/mol. The second-order valence-corrected chi connectivity index (χ2v) is 5.51. The predicted molar refractivity (Wildman–Crippen MR) is 84.3 cm³/mol. The molecule has 0 radical (unpaired) electrons. The minimum Gasteiger partial charge on any atom is -0.490 e. The maximum Gasteiger partial charge on any atom is 0.147 e. The molecule has 0 spiro atoms. The molecule has 1 aromatic carbocycles. The number of ether oxygens (including phenoxy) is 1. The standard InChI is InChI=1S/C16H20N2OS/c1-3-5-6-7-12-19-14-10-8-13(9-11-14)16-18-17-15(4-2)20-16/h6-11H,3-5,12H2,1-2H3/b7-6+. The van der Waals surface area contributed by atoms with Crippen LogP contribution in [0.25, 0.3) is 10.6 Å². The Morgan fingerprint density at radius 1 is 1.10 bits per heavy atom. The van der Waals surface area contributed by atoms with Crippen molar-refractivity contribution in [1.82, 2.24) is 10.2 Å². The zero-order valence-electron chi connectivity index (χ0n) is 12.0. The number of nitrogens with zero attached hydrogens (tertiary/aromatic N) is 2. The topological polar surface area (TPSA) is 35.0 Å². The SMILES string of the molecule is CCC/C=C/COc1ccc(-c2nnc(CC)s2)cc1. The second-order valence-electron chi connectivity index (χ2n) is 4.45. The summed E-state index contributed by atoms with van der Waals surface area (Å²) in [4.78, 5) is 0. The molecule has 0 aliphatic heterocycles. The zero-order chi connectivity index (χ0) is 14.2. The van der Waals surface area contributed by atoms with Crippen LogP contribution < -0.4 is 4.74 Å². The lowest BCUT2D eigenvalue weighted by molar-refractivity contribution is 0.362. The molecule has 106 valence electrons. The van der Waals surface area contributed by atoms with E-state index in [-0.39, 0.29) is 0 Å². The summed E-state index contributed by atoms with van der Waals surface area (Å²) in [6, 6.07) is 8.03. The second kappa shape index (κ2) is 7.80. The van der Waals surface area contributed by atoms with E-state index in [9.17, 15) is 0 Å². The van der Waals surface area contributed by atoms with Crippen LogP contribution in [0.2, 0.25) is 0 Å². The molecule has 1 heterocycles. The number of allylic oxidation sites excluding steroid dienone is 1. The van der Waals surface area contributed by atoms with E-state index in [0.29, 0.717) is 6.61 Å². The van der Waals surface area contributed by atoms with Gasteiger partial charge in [0.05, 0.1) is 0 Å². The van der Waals surface area contributed by atoms with Gasteiger partial charge in [0.25, 0.3) is 0 Å². The van der Waals surface area contributed by atoms with Crippen LogP contribution in [0.3, 0.4) is 0 Å². The van der Waals surface area contributed by atoms with Gasteiger partial charge < -0.3 is 4.74 Å². The Kier molecular flexibility index (Phi) is 5.74. The summed E-state index contributed by atoms with van der Waals surface area (Å²) < 4.78 is 5.65. The largest absolute Gasteiger partial charge is 0.490 e. The Bertz CT molecular complexity index is 546. The van der Waals surface area contributed by atoms with Gasteiger partial charge in [0.15, 0.2) is 0 Å². The van der Waals surface area contributed by atoms with Crippen molar-refractivity contribution in [2.24, 2.45) is 0 Å². The van der Waals surface area contributed by atoms with Crippen molar-refractivity contribution in [3.63, 3.8) is 0 Å². The number of aromatic nitrogens is 2. The van der Waals surface area contributed by atoms with Gasteiger partial charge in [-0.3, -0.25) is 0 Å². The van der Waals surface area contributed by atoms with Crippen molar-refractivity contribution in [2.45, 2.75) is 33.1 Å². The van der Waals surface area contributed by atoms with Crippen LogP contribution in [0, 0.1) is 0 Å². The van der Waals surface area contributed by atoms with E-state index in [1.54, 1.807) is 11.3 Å². The lowest BCUT2D eigenvalue weighted by Gasteiger charge is -2.03. The van der Waals surface area contributed by atoms with Crippen LogP contribution in [0.1, 0.15) is 31.7 Å². The first kappa shape index (κ1) is 14.7. The van der Waals surface area contributed by atoms with Crippen molar-refractivity contribution in [2.75, 3.05) is 6.61 Å². The first-order valence-corrected chi connectivity index (χ1v) is 7.85. The van der Waals surface area contributed by atoms with Crippen molar-refractivity contribution >= 4 is 11.3 Å². The molecular formula is C16H20N2OS. The quantitative estimate of drug-likeness (QED) is 0.703. The van der Waals surface area contributed by atoms with Gasteiger partial charge in [0.1, 0.15) is 22.4 Å². The molecule has 0 aliphatic rings. The summed E-state index contributed by atoms with van der Waals surface area (Å²) in [6.07, 6.45) is 7.44. The summed E-state index contributed by atoms with van der Waals surface area (Å²) in [5, 5.41) is 10.4. The lowest BCUT2D eigenvalue weighted by Crippen LogP contribution is -1.92. The number of hydrogen-bond acceptors (Lipinski definition) is 4. The smallest absolute Gasteiger partial charge is 0.147 e. The van der Waals surface area contributed by atoms with Crippen molar-refractivity contribution < 1.29 is 4.74 Å². The summed E-state index contributed by atoms with van der Waals surface area (Å²) in [6.45, 7) is 4.88. The third-order valence-corrected chi connectivity index (χ3v) is 3.96. The van der Waals surface area contributed by atoms with Gasteiger partial charge in [0.2, 0.25) is 0 Å². The molecule has 0 unspecified atom stereocenters. The third-order valence-electron chi connectivity index (χ3n) is 2.84. The summed E-state index contributed by atoms with van der Waals surface area (Å²) in [7, 11) is 0. The van der Waals surface area contributed by atoms with E-state index in [1.165, 1.54) is 6.42 Å². The van der Waals surface area contributed by atoms with Gasteiger partial charge in [-0.05, 0) is 37.1 Å². The highest BCUT2D eigenvalue weighted by molar-refractivity contribution is 7.14. The fraction of sp³-hybridized carbons (Fsp3) is 0.375. The van der Waals surface area contributed by atoms with E-state index < -0.39 is 0 Å². The molecule has 0 amide bonds. The van der Waals surface area contributed by atoms with Crippen molar-refractivity contribution in [1.29, 1.82) is 0 Å². The summed E-state index contributed by atoms with van der Waals surface area (Å²) in [5.74, 6) is 0.884. The fourth-order valence-electron chi connectivity index (χ4n) is 1.70. The molecule has 0 aliphatic carbocycles. The number of rotatable bonds is 7. The van der Waals surface area contributed by atoms with E-state index in [1.807, 2.05) is 24.3 Å². The minimum absolute atomic E-state index is 0.623. The molecule has 4 heteroatoms. The lowest BCUT2D eigenvalue weighted by atomic mass is 10.2. The third kappa shape index (κ3) is 4.17. The van der Waals surface area contributed by atoms with Gasteiger partial charge >= 0.3 is 0 Å². The van der Waals surface area contributed by atoms with E-state index in [4.69, 9.17) is 4.74 Å². The van der Waals surface area contributed by atoms with Crippen LogP contribution >= 0.6 is 11.3 Å². The molecule has 3 nitrogen and oxygen atoms in total. The minimum atomic E-state index is 0.623. The average molecular weight is 288 g/mol. The molecule has 2 rings (SSSR count). The summed E-state index contributed by atoms with van der Waals surface area (Å²) >= 11 is 1.64. The van der Waals surface area contributed by atoms with Gasteiger partial charge in [-0.25, -0.2) is 0 Å². The predicted octanol–water partition coefficient (Wildman–Crippen LogP) is 4.50. The van der Waals surface area contributed by atoms with Gasteiger partial charge in [-0.15, -0.1) is 10.2 Å². The molecule has 0 saturated carbocycles. The normalized spacial score (nSPS) is 11.1. The Labute approximate surface area is 124 Å². The van der Waals surface area contributed by atoms with Crippen LogP contribution in [-0.2, 0) is 6.42 Å². The van der Waals surface area contributed by atoms with Crippen LogP contribution in [0.5, 0.6) is 5.75 Å². The maximum absolute atomic E-state index is 5.65. The highest BCUT2D eigenvalue weighted by Gasteiger charge is 2.05. The number of hydrogen-bond donors (Lipinski definition) is 0. The Morgan fingerprint density at radius 3 is 2.55 bits per heavy atom. The molecule has 0 bridgehead atoms. The number of benzene rings is 1. The monoisotopic (exact) mass is 288 g/mol. The molecule has 0 saturated heterocycles. The molecule has 2 aromatic rings. The van der Waals surface area contributed by atoms with Gasteiger partial charge in [-0.1, -0.05) is 43.8 Å². The summed E-state index contributed by atoms with van der Waals surface area (Å²) in [5.41, 5.74) is 1.09. The Hall–Kier alpha value is -1.68. The van der Waals surface area contributed by atoms with Crippen LogP contribution in [0.15, 0.2) is 36.4 Å². The Balaban J connectivity index is 1.92. The van der Waals surface area contributed by atoms with Gasteiger partial charge in [0, 0.05) is 5.56 Å². The van der Waals surface area contributed by atoms with E-state index in [0.717, 1.165) is 34.2 Å². The Morgan fingerprint density at radius 2 is 1.90 bits per heavy atom. The molecule has 20 heavy (non-hydrogen) atoms. The zero-order valence-corrected chi connectivity index (χ0v) is 12.8. The molecule has 0 N–H and O–H groups in total. The maximum atomic E-state index is 5.65. The first-order valence-electron chi connectivity index (χ1n) is 7.04. The number of unbranched alkanes of at least 4 members (excludes halogenated alkanes) is 1. The van der Waals surface area contributed by atoms with Crippen LogP contribution in [-0.4, -0.2) is 16.8 Å². The number of aryl methyl sites for hydroxylation is 1. The van der Waals surface area contributed by atoms with Crippen molar-refractivity contribution in [3.05, 3.63) is 41.4 Å². The molecule has 0 atom stereocenters.